The van der Waals surface area contributed by atoms with Gasteiger partial charge in [0, 0.05) is 6.54 Å². The first-order chi connectivity index (χ1) is 10.7. The Bertz CT molecular complexity index is 471. The van der Waals surface area contributed by atoms with Crippen LogP contribution in [0.15, 0.2) is 24.3 Å². The van der Waals surface area contributed by atoms with Crippen LogP contribution in [0.3, 0.4) is 0 Å². The van der Waals surface area contributed by atoms with Gasteiger partial charge < -0.3 is 9.80 Å². The van der Waals surface area contributed by atoms with Gasteiger partial charge in [-0.3, -0.25) is 4.79 Å². The molecule has 1 N–H and O–H groups in total. The van der Waals surface area contributed by atoms with E-state index in [0.29, 0.717) is 5.92 Å². The molecule has 0 saturated heterocycles. The zero-order valence-corrected chi connectivity index (χ0v) is 15.9. The lowest BCUT2D eigenvalue weighted by Crippen LogP contribution is -2.36. The van der Waals surface area contributed by atoms with Crippen molar-refractivity contribution in [2.45, 2.75) is 46.0 Å². The summed E-state index contributed by atoms with van der Waals surface area (Å²) in [5.74, 6) is 0.710. The molecule has 0 aromatic heterocycles. The molecular weight excluding hydrogens is 284 g/mol. The zero-order valence-electron chi connectivity index (χ0n) is 15.9. The predicted octanol–water partition coefficient (Wildman–Crippen LogP) is 3.59. The Kier molecular flexibility index (Phi) is 7.77. The summed E-state index contributed by atoms with van der Waals surface area (Å²) in [6, 6.07) is 8.50. The molecule has 1 rings (SSSR count). The molecule has 3 heteroatoms. The van der Waals surface area contributed by atoms with Crippen LogP contribution < -0.4 is 5.32 Å². The van der Waals surface area contributed by atoms with Gasteiger partial charge in [0.2, 0.25) is 5.91 Å². The molecule has 1 aromatic rings. The molecule has 0 aliphatic carbocycles. The highest BCUT2D eigenvalue weighted by Crippen LogP contribution is 2.17. The van der Waals surface area contributed by atoms with Gasteiger partial charge in [0.15, 0.2) is 0 Å². The molecule has 0 saturated carbocycles. The molecule has 1 amide bonds. The van der Waals surface area contributed by atoms with Crippen molar-refractivity contribution in [1.82, 2.24) is 5.32 Å². The van der Waals surface area contributed by atoms with Crippen LogP contribution in [0.25, 0.3) is 0 Å². The number of amides is 1. The second-order valence-electron chi connectivity index (χ2n) is 8.07. The number of unbranched alkanes of at least 4 members (excludes halogenated alkanes) is 1. The standard InChI is InChI=1S/C20H34N2O/c1-16(2)15-18-9-11-19(12-10-18)17(3)20(23)21-13-7-8-14-22(4,5)6/h9-12,16-17H,7-8,13-15H2,1-6H3/p+1. The molecule has 1 aromatic carbocycles. The van der Waals surface area contributed by atoms with Crippen molar-refractivity contribution in [2.75, 3.05) is 34.2 Å². The summed E-state index contributed by atoms with van der Waals surface area (Å²) in [5.41, 5.74) is 2.44. The normalized spacial score (nSPS) is 13.2. The Morgan fingerprint density at radius 3 is 2.17 bits per heavy atom. The number of nitrogens with zero attached hydrogens (tertiary/aromatic N) is 1. The topological polar surface area (TPSA) is 29.1 Å². The second kappa shape index (κ2) is 9.07. The number of hydrogen-bond donors (Lipinski definition) is 1. The molecule has 0 bridgehead atoms. The summed E-state index contributed by atoms with van der Waals surface area (Å²) in [4.78, 5) is 12.3. The Labute approximate surface area is 142 Å². The van der Waals surface area contributed by atoms with E-state index >= 15 is 0 Å². The Morgan fingerprint density at radius 1 is 1.04 bits per heavy atom. The summed E-state index contributed by atoms with van der Waals surface area (Å²) in [7, 11) is 6.59. The smallest absolute Gasteiger partial charge is 0.227 e. The van der Waals surface area contributed by atoms with Crippen molar-refractivity contribution >= 4 is 5.91 Å². The van der Waals surface area contributed by atoms with Crippen LogP contribution in [0.5, 0.6) is 0 Å². The molecule has 23 heavy (non-hydrogen) atoms. The summed E-state index contributed by atoms with van der Waals surface area (Å²) in [6.45, 7) is 8.35. The molecule has 1 unspecified atom stereocenters. The maximum atomic E-state index is 12.3. The van der Waals surface area contributed by atoms with Crippen molar-refractivity contribution in [1.29, 1.82) is 0 Å². The van der Waals surface area contributed by atoms with E-state index in [0.717, 1.165) is 42.4 Å². The molecule has 0 fully saturated rings. The number of rotatable bonds is 9. The van der Waals surface area contributed by atoms with E-state index in [1.807, 2.05) is 6.92 Å². The minimum Gasteiger partial charge on any atom is -0.356 e. The van der Waals surface area contributed by atoms with E-state index in [1.54, 1.807) is 0 Å². The van der Waals surface area contributed by atoms with Gasteiger partial charge in [0.25, 0.3) is 0 Å². The molecule has 0 radical (unpaired) electrons. The number of carbonyl (C=O) groups is 1. The third-order valence-corrected chi connectivity index (χ3v) is 4.07. The molecule has 1 atom stereocenters. The van der Waals surface area contributed by atoms with Crippen LogP contribution in [-0.2, 0) is 11.2 Å². The first-order valence-electron chi connectivity index (χ1n) is 8.86. The van der Waals surface area contributed by atoms with Crippen LogP contribution in [-0.4, -0.2) is 44.6 Å². The highest BCUT2D eigenvalue weighted by atomic mass is 16.1. The number of nitrogens with one attached hydrogen (secondary N) is 1. The Morgan fingerprint density at radius 2 is 1.65 bits per heavy atom. The lowest BCUT2D eigenvalue weighted by molar-refractivity contribution is -0.870. The van der Waals surface area contributed by atoms with Crippen molar-refractivity contribution in [3.63, 3.8) is 0 Å². The summed E-state index contributed by atoms with van der Waals surface area (Å²) >= 11 is 0. The average molecular weight is 320 g/mol. The third kappa shape index (κ3) is 8.17. The maximum Gasteiger partial charge on any atom is 0.227 e. The zero-order chi connectivity index (χ0) is 17.5. The van der Waals surface area contributed by atoms with Crippen LogP contribution in [0.1, 0.15) is 50.7 Å². The fourth-order valence-electron chi connectivity index (χ4n) is 2.64. The first-order valence-corrected chi connectivity index (χ1v) is 8.86. The van der Waals surface area contributed by atoms with Crippen molar-refractivity contribution in [2.24, 2.45) is 5.92 Å². The molecule has 3 nitrogen and oxygen atoms in total. The number of hydrogen-bond acceptors (Lipinski definition) is 1. The fourth-order valence-corrected chi connectivity index (χ4v) is 2.64. The highest BCUT2D eigenvalue weighted by Gasteiger charge is 2.15. The van der Waals surface area contributed by atoms with Crippen molar-refractivity contribution < 1.29 is 9.28 Å². The van der Waals surface area contributed by atoms with Crippen molar-refractivity contribution in [3.05, 3.63) is 35.4 Å². The first kappa shape index (κ1) is 19.7. The number of carbonyl (C=O) groups excluding carboxylic acids is 1. The van der Waals surface area contributed by atoms with Crippen LogP contribution in [0.4, 0.5) is 0 Å². The fraction of sp³-hybridized carbons (Fsp3) is 0.650. The van der Waals surface area contributed by atoms with Crippen LogP contribution >= 0.6 is 0 Å². The quantitative estimate of drug-likeness (QED) is 0.547. The second-order valence-corrected chi connectivity index (χ2v) is 8.07. The molecule has 0 heterocycles. The summed E-state index contributed by atoms with van der Waals surface area (Å²) < 4.78 is 0.979. The largest absolute Gasteiger partial charge is 0.356 e. The monoisotopic (exact) mass is 319 g/mol. The van der Waals surface area contributed by atoms with Gasteiger partial charge in [-0.2, -0.15) is 0 Å². The predicted molar refractivity (Wildman–Crippen MR) is 98.5 cm³/mol. The van der Waals surface area contributed by atoms with E-state index < -0.39 is 0 Å². The lowest BCUT2D eigenvalue weighted by Gasteiger charge is -2.23. The van der Waals surface area contributed by atoms with Crippen LogP contribution in [0.2, 0.25) is 0 Å². The summed E-state index contributed by atoms with van der Waals surface area (Å²) in [5, 5.41) is 3.07. The number of quaternary nitrogens is 1. The highest BCUT2D eigenvalue weighted by molar-refractivity contribution is 5.83. The number of benzene rings is 1. The van der Waals surface area contributed by atoms with Gasteiger partial charge in [0.05, 0.1) is 33.6 Å². The SMILES string of the molecule is CC(C)Cc1ccc(C(C)C(=O)NCCCC[N+](C)(C)C)cc1. The van der Waals surface area contributed by atoms with Gasteiger partial charge in [-0.1, -0.05) is 38.1 Å². The van der Waals surface area contributed by atoms with E-state index in [1.165, 1.54) is 5.56 Å². The average Bonchev–Trinajstić information content (AvgIpc) is 2.45. The minimum absolute atomic E-state index is 0.0819. The lowest BCUT2D eigenvalue weighted by atomic mass is 9.96. The maximum absolute atomic E-state index is 12.3. The Balaban J connectivity index is 2.38. The minimum atomic E-state index is -0.0819. The van der Waals surface area contributed by atoms with E-state index in [2.05, 4.69) is 64.6 Å². The molecule has 0 aliphatic rings. The van der Waals surface area contributed by atoms with Crippen molar-refractivity contribution in [3.8, 4) is 0 Å². The Hall–Kier alpha value is -1.35. The molecule has 130 valence electrons. The van der Waals surface area contributed by atoms with Gasteiger partial charge in [-0.05, 0) is 43.2 Å². The molecule has 0 spiro atoms. The van der Waals surface area contributed by atoms with Crippen LogP contribution in [0, 0.1) is 5.92 Å². The van der Waals surface area contributed by atoms with Gasteiger partial charge in [0.1, 0.15) is 0 Å². The molecule has 0 aliphatic heterocycles. The van der Waals surface area contributed by atoms with Gasteiger partial charge in [-0.25, -0.2) is 0 Å². The van der Waals surface area contributed by atoms with E-state index in [9.17, 15) is 4.79 Å². The van der Waals surface area contributed by atoms with Gasteiger partial charge >= 0.3 is 0 Å². The van der Waals surface area contributed by atoms with E-state index in [-0.39, 0.29) is 11.8 Å². The molecular formula is C20H35N2O+. The van der Waals surface area contributed by atoms with E-state index in [4.69, 9.17) is 0 Å². The third-order valence-electron chi connectivity index (χ3n) is 4.07. The van der Waals surface area contributed by atoms with Gasteiger partial charge in [-0.15, -0.1) is 0 Å². The summed E-state index contributed by atoms with van der Waals surface area (Å²) in [6.07, 6.45) is 3.27.